The predicted molar refractivity (Wildman–Crippen MR) is 74.6 cm³/mol. The molecule has 19 heavy (non-hydrogen) atoms. The maximum atomic E-state index is 9.52. The van der Waals surface area contributed by atoms with Crippen LogP contribution in [0.4, 0.5) is 0 Å². The van der Waals surface area contributed by atoms with Crippen LogP contribution in [0.2, 0.25) is 0 Å². The summed E-state index contributed by atoms with van der Waals surface area (Å²) in [6.07, 6.45) is 1.65. The van der Waals surface area contributed by atoms with Crippen molar-refractivity contribution in [2.75, 3.05) is 0 Å². The molecule has 0 atom stereocenters. The maximum Gasteiger partial charge on any atom is 0.314 e. The molecule has 0 fully saturated rings. The molecule has 3 aromatic rings. The molecule has 0 aliphatic heterocycles. The van der Waals surface area contributed by atoms with Crippen LogP contribution in [0.1, 0.15) is 0 Å². The molecule has 0 unspecified atom stereocenters. The van der Waals surface area contributed by atoms with Gasteiger partial charge in [0.1, 0.15) is 0 Å². The van der Waals surface area contributed by atoms with Crippen LogP contribution in [-0.2, 0) is 0 Å². The van der Waals surface area contributed by atoms with Gasteiger partial charge < -0.3 is 5.11 Å². The van der Waals surface area contributed by atoms with Crippen molar-refractivity contribution in [1.29, 1.82) is 0 Å². The van der Waals surface area contributed by atoms with Crippen LogP contribution >= 0.6 is 0 Å². The fourth-order valence-corrected chi connectivity index (χ4v) is 2.02. The van der Waals surface area contributed by atoms with Crippen molar-refractivity contribution in [2.24, 2.45) is 0 Å². The number of benzene rings is 2. The lowest BCUT2D eigenvalue weighted by atomic mass is 10.0. The Kier molecular flexibility index (Phi) is 2.94. The summed E-state index contributed by atoms with van der Waals surface area (Å²) in [4.78, 5) is 8.05. The quantitative estimate of drug-likeness (QED) is 0.754. The topological polar surface area (TPSA) is 46.0 Å². The molecule has 0 amide bonds. The average Bonchev–Trinajstić information content (AvgIpc) is 2.49. The third-order valence-electron chi connectivity index (χ3n) is 2.91. The second-order valence-electron chi connectivity index (χ2n) is 4.16. The van der Waals surface area contributed by atoms with Crippen LogP contribution < -0.4 is 0 Å². The van der Waals surface area contributed by atoms with E-state index in [-0.39, 0.29) is 6.01 Å². The lowest BCUT2D eigenvalue weighted by Crippen LogP contribution is -1.91. The summed E-state index contributed by atoms with van der Waals surface area (Å²) in [6, 6.07) is 19.5. The van der Waals surface area contributed by atoms with E-state index in [4.69, 9.17) is 0 Å². The zero-order valence-corrected chi connectivity index (χ0v) is 10.2. The highest BCUT2D eigenvalue weighted by molar-refractivity contribution is 5.80. The zero-order valence-electron chi connectivity index (χ0n) is 10.2. The molecule has 0 aliphatic rings. The molecule has 2 aromatic carbocycles. The number of hydrogen-bond acceptors (Lipinski definition) is 3. The van der Waals surface area contributed by atoms with E-state index in [1.807, 2.05) is 60.7 Å². The third-order valence-corrected chi connectivity index (χ3v) is 2.91. The normalized spacial score (nSPS) is 10.3. The van der Waals surface area contributed by atoms with Crippen LogP contribution in [0.3, 0.4) is 0 Å². The van der Waals surface area contributed by atoms with Crippen molar-refractivity contribution in [2.45, 2.75) is 0 Å². The van der Waals surface area contributed by atoms with Gasteiger partial charge in [-0.15, -0.1) is 0 Å². The Morgan fingerprint density at radius 3 is 1.95 bits per heavy atom. The summed E-state index contributed by atoms with van der Waals surface area (Å²) < 4.78 is 0. The second kappa shape index (κ2) is 4.90. The molecule has 0 spiro atoms. The summed E-state index contributed by atoms with van der Waals surface area (Å²) >= 11 is 0. The first-order valence-corrected chi connectivity index (χ1v) is 6.01. The highest BCUT2D eigenvalue weighted by atomic mass is 16.3. The highest BCUT2D eigenvalue weighted by Gasteiger charge is 2.10. The van der Waals surface area contributed by atoms with Gasteiger partial charge in [0.15, 0.2) is 0 Å². The molecular weight excluding hydrogens is 236 g/mol. The van der Waals surface area contributed by atoms with E-state index in [0.29, 0.717) is 0 Å². The summed E-state index contributed by atoms with van der Waals surface area (Å²) in [5, 5.41) is 9.52. The second-order valence-corrected chi connectivity index (χ2v) is 4.16. The molecule has 0 bridgehead atoms. The molecule has 3 heteroatoms. The van der Waals surface area contributed by atoms with Crippen molar-refractivity contribution in [3.63, 3.8) is 0 Å². The van der Waals surface area contributed by atoms with E-state index in [9.17, 15) is 5.11 Å². The van der Waals surface area contributed by atoms with Crippen LogP contribution in [0.15, 0.2) is 66.9 Å². The van der Waals surface area contributed by atoms with Crippen molar-refractivity contribution in [1.82, 2.24) is 9.97 Å². The summed E-state index contributed by atoms with van der Waals surface area (Å²) in [5.41, 5.74) is 3.63. The average molecular weight is 248 g/mol. The van der Waals surface area contributed by atoms with E-state index in [1.54, 1.807) is 6.20 Å². The number of aromatic nitrogens is 2. The molecular formula is C16H12N2O. The van der Waals surface area contributed by atoms with Crippen LogP contribution in [0.25, 0.3) is 22.4 Å². The minimum absolute atomic E-state index is 0.210. The van der Waals surface area contributed by atoms with Gasteiger partial charge in [0, 0.05) is 17.3 Å². The first-order valence-electron chi connectivity index (χ1n) is 6.01. The number of hydrogen-bond donors (Lipinski definition) is 1. The lowest BCUT2D eigenvalue weighted by molar-refractivity contribution is 0.431. The van der Waals surface area contributed by atoms with Gasteiger partial charge in [-0.2, -0.15) is 4.98 Å². The van der Waals surface area contributed by atoms with Gasteiger partial charge in [0.25, 0.3) is 0 Å². The van der Waals surface area contributed by atoms with Gasteiger partial charge >= 0.3 is 6.01 Å². The third kappa shape index (κ3) is 2.31. The van der Waals surface area contributed by atoms with Crippen molar-refractivity contribution in [3.05, 3.63) is 66.9 Å². The number of aromatic hydroxyl groups is 1. The molecule has 3 nitrogen and oxygen atoms in total. The van der Waals surface area contributed by atoms with E-state index in [1.165, 1.54) is 0 Å². The molecule has 0 saturated carbocycles. The Balaban J connectivity index is 2.21. The van der Waals surface area contributed by atoms with E-state index in [2.05, 4.69) is 9.97 Å². The van der Waals surface area contributed by atoms with E-state index in [0.717, 1.165) is 22.4 Å². The van der Waals surface area contributed by atoms with Crippen molar-refractivity contribution < 1.29 is 5.11 Å². The van der Waals surface area contributed by atoms with E-state index >= 15 is 0 Å². The Morgan fingerprint density at radius 1 is 0.737 bits per heavy atom. The Hall–Kier alpha value is -2.68. The standard InChI is InChI=1S/C16H12N2O/c19-16-17-11-14(12-7-3-1-4-8-12)15(18-16)13-9-5-2-6-10-13/h1-11H,(H,17,18,19). The van der Waals surface area contributed by atoms with Crippen LogP contribution in [-0.4, -0.2) is 15.1 Å². The Labute approximate surface area is 111 Å². The lowest BCUT2D eigenvalue weighted by Gasteiger charge is -2.08. The summed E-state index contributed by atoms with van der Waals surface area (Å²) in [7, 11) is 0. The summed E-state index contributed by atoms with van der Waals surface area (Å²) in [5.74, 6) is 0. The Bertz CT molecular complexity index is 682. The molecule has 1 heterocycles. The predicted octanol–water partition coefficient (Wildman–Crippen LogP) is 3.52. The molecule has 0 aliphatic carbocycles. The van der Waals surface area contributed by atoms with Crippen LogP contribution in [0, 0.1) is 0 Å². The zero-order chi connectivity index (χ0) is 13.1. The molecule has 0 saturated heterocycles. The molecule has 0 radical (unpaired) electrons. The smallest absolute Gasteiger partial charge is 0.314 e. The SMILES string of the molecule is Oc1ncc(-c2ccccc2)c(-c2ccccc2)n1. The Morgan fingerprint density at radius 2 is 1.32 bits per heavy atom. The first kappa shape index (κ1) is 11.4. The van der Waals surface area contributed by atoms with Crippen molar-refractivity contribution >= 4 is 0 Å². The molecule has 1 aromatic heterocycles. The fourth-order valence-electron chi connectivity index (χ4n) is 2.02. The van der Waals surface area contributed by atoms with Gasteiger partial charge in [0.05, 0.1) is 5.69 Å². The molecule has 1 N–H and O–H groups in total. The van der Waals surface area contributed by atoms with Gasteiger partial charge in [-0.1, -0.05) is 60.7 Å². The summed E-state index contributed by atoms with van der Waals surface area (Å²) in [6.45, 7) is 0. The highest BCUT2D eigenvalue weighted by Crippen LogP contribution is 2.30. The van der Waals surface area contributed by atoms with Gasteiger partial charge in [-0.25, -0.2) is 4.98 Å². The number of rotatable bonds is 2. The number of nitrogens with zero attached hydrogens (tertiary/aromatic N) is 2. The monoisotopic (exact) mass is 248 g/mol. The van der Waals surface area contributed by atoms with E-state index < -0.39 is 0 Å². The van der Waals surface area contributed by atoms with Gasteiger partial charge in [-0.3, -0.25) is 0 Å². The van der Waals surface area contributed by atoms with Gasteiger partial charge in [-0.05, 0) is 5.56 Å². The molecule has 3 rings (SSSR count). The fraction of sp³-hybridized carbons (Fsp3) is 0. The minimum atomic E-state index is -0.210. The van der Waals surface area contributed by atoms with Crippen molar-refractivity contribution in [3.8, 4) is 28.4 Å². The maximum absolute atomic E-state index is 9.52. The van der Waals surface area contributed by atoms with Crippen LogP contribution in [0.5, 0.6) is 6.01 Å². The van der Waals surface area contributed by atoms with Gasteiger partial charge in [0.2, 0.25) is 0 Å². The first-order chi connectivity index (χ1) is 9.34. The largest absolute Gasteiger partial charge is 0.479 e. The molecule has 92 valence electrons. The minimum Gasteiger partial charge on any atom is -0.479 e.